The Balaban J connectivity index is 1.56. The number of rotatable bonds is 7. The van der Waals surface area contributed by atoms with Crippen molar-refractivity contribution in [2.75, 3.05) is 21.3 Å². The van der Waals surface area contributed by atoms with Gasteiger partial charge in [-0.3, -0.25) is 4.79 Å². The van der Waals surface area contributed by atoms with Crippen LogP contribution >= 0.6 is 0 Å². The van der Waals surface area contributed by atoms with E-state index in [1.54, 1.807) is 48.5 Å². The molecule has 0 spiro atoms. The molecule has 0 radical (unpaired) electrons. The van der Waals surface area contributed by atoms with Crippen molar-refractivity contribution in [2.24, 2.45) is 0 Å². The molecule has 0 bridgehead atoms. The summed E-state index contributed by atoms with van der Waals surface area (Å²) in [5, 5.41) is 0. The lowest BCUT2D eigenvalue weighted by Gasteiger charge is -2.12. The van der Waals surface area contributed by atoms with Crippen LogP contribution in [0.1, 0.15) is 21.5 Å². The van der Waals surface area contributed by atoms with Gasteiger partial charge in [0.1, 0.15) is 29.7 Å². The molecule has 0 aliphatic carbocycles. The van der Waals surface area contributed by atoms with Crippen LogP contribution in [0.3, 0.4) is 0 Å². The maximum Gasteiger partial charge on any atom is 0.231 e. The molecule has 0 aromatic heterocycles. The highest BCUT2D eigenvalue weighted by atomic mass is 19.1. The van der Waals surface area contributed by atoms with Crippen LogP contribution in [-0.2, 0) is 6.61 Å². The summed E-state index contributed by atoms with van der Waals surface area (Å²) in [6, 6.07) is 14.5. The van der Waals surface area contributed by atoms with Crippen LogP contribution in [0.2, 0.25) is 0 Å². The Morgan fingerprint density at radius 1 is 0.875 bits per heavy atom. The largest absolute Gasteiger partial charge is 0.496 e. The highest BCUT2D eigenvalue weighted by molar-refractivity contribution is 6.14. The molecule has 3 aromatic rings. The van der Waals surface area contributed by atoms with Crippen LogP contribution in [0.5, 0.6) is 28.7 Å². The maximum atomic E-state index is 13.0. The number of fused-ring (bicyclic) bond motifs is 1. The number of ether oxygens (including phenoxy) is 5. The lowest BCUT2D eigenvalue weighted by molar-refractivity contribution is 0.101. The third-order valence-corrected chi connectivity index (χ3v) is 4.98. The molecule has 7 heteroatoms. The number of hydrogen-bond donors (Lipinski definition) is 0. The van der Waals surface area contributed by atoms with Gasteiger partial charge in [-0.15, -0.1) is 0 Å². The lowest BCUT2D eigenvalue weighted by Crippen LogP contribution is -2.00. The van der Waals surface area contributed by atoms with Gasteiger partial charge in [-0.2, -0.15) is 0 Å². The first kappa shape index (κ1) is 21.2. The number of halogens is 1. The van der Waals surface area contributed by atoms with Gasteiger partial charge < -0.3 is 23.7 Å². The summed E-state index contributed by atoms with van der Waals surface area (Å²) >= 11 is 0. The first-order valence-electron chi connectivity index (χ1n) is 9.78. The molecule has 0 saturated carbocycles. The van der Waals surface area contributed by atoms with Gasteiger partial charge in [-0.25, -0.2) is 4.39 Å². The number of allylic oxidation sites excluding steroid dienone is 1. The van der Waals surface area contributed by atoms with Gasteiger partial charge in [0.05, 0.1) is 26.9 Å². The van der Waals surface area contributed by atoms with E-state index < -0.39 is 0 Å². The molecular weight excluding hydrogens is 415 g/mol. The molecule has 1 aliphatic rings. The van der Waals surface area contributed by atoms with Gasteiger partial charge in [0.2, 0.25) is 5.78 Å². The lowest BCUT2D eigenvalue weighted by atomic mass is 10.1. The monoisotopic (exact) mass is 436 g/mol. The van der Waals surface area contributed by atoms with E-state index in [2.05, 4.69) is 0 Å². The van der Waals surface area contributed by atoms with Crippen molar-refractivity contribution in [1.82, 2.24) is 0 Å². The van der Waals surface area contributed by atoms with E-state index >= 15 is 0 Å². The molecule has 32 heavy (non-hydrogen) atoms. The van der Waals surface area contributed by atoms with Gasteiger partial charge in [0.15, 0.2) is 17.3 Å². The van der Waals surface area contributed by atoms with E-state index in [1.165, 1.54) is 33.5 Å². The zero-order chi connectivity index (χ0) is 22.7. The number of Topliss-reactive ketones (excluding diaryl/α,β-unsaturated/α-hetero) is 1. The number of methoxy groups -OCH3 is 3. The van der Waals surface area contributed by atoms with Crippen LogP contribution in [0, 0.1) is 5.82 Å². The van der Waals surface area contributed by atoms with E-state index in [9.17, 15) is 9.18 Å². The smallest absolute Gasteiger partial charge is 0.231 e. The average Bonchev–Trinajstić information content (AvgIpc) is 3.12. The summed E-state index contributed by atoms with van der Waals surface area (Å²) in [5.41, 5.74) is 1.86. The Hall–Kier alpha value is -4.00. The second-order valence-electron chi connectivity index (χ2n) is 6.96. The van der Waals surface area contributed by atoms with E-state index in [1.807, 2.05) is 0 Å². The predicted molar refractivity (Wildman–Crippen MR) is 116 cm³/mol. The summed E-state index contributed by atoms with van der Waals surface area (Å²) in [6.07, 6.45) is 1.60. The predicted octanol–water partition coefficient (Wildman–Crippen LogP) is 5.05. The molecular formula is C25H21FO6. The van der Waals surface area contributed by atoms with Crippen LogP contribution in [0.4, 0.5) is 4.39 Å². The molecule has 6 nitrogen and oxygen atoms in total. The Morgan fingerprint density at radius 3 is 2.25 bits per heavy atom. The molecule has 0 atom stereocenters. The Bertz CT molecular complexity index is 1180. The zero-order valence-electron chi connectivity index (χ0n) is 17.8. The zero-order valence-corrected chi connectivity index (χ0v) is 17.8. The van der Waals surface area contributed by atoms with Crippen LogP contribution < -0.4 is 23.7 Å². The minimum Gasteiger partial charge on any atom is -0.496 e. The van der Waals surface area contributed by atoms with Gasteiger partial charge >= 0.3 is 0 Å². The topological polar surface area (TPSA) is 63.2 Å². The van der Waals surface area contributed by atoms with Crippen molar-refractivity contribution >= 4 is 11.9 Å². The highest BCUT2D eigenvalue weighted by Gasteiger charge is 2.28. The summed E-state index contributed by atoms with van der Waals surface area (Å²) in [5.74, 6) is 2.05. The van der Waals surface area contributed by atoms with Gasteiger partial charge in [0.25, 0.3) is 0 Å². The molecule has 1 heterocycles. The molecule has 0 fully saturated rings. The summed E-state index contributed by atoms with van der Waals surface area (Å²) < 4.78 is 40.7. The minimum absolute atomic E-state index is 0.154. The minimum atomic E-state index is -0.302. The first-order valence-corrected chi connectivity index (χ1v) is 9.78. The Morgan fingerprint density at radius 2 is 1.56 bits per heavy atom. The second-order valence-corrected chi connectivity index (χ2v) is 6.96. The third-order valence-electron chi connectivity index (χ3n) is 4.98. The fraction of sp³-hybridized carbons (Fsp3) is 0.160. The van der Waals surface area contributed by atoms with Crippen molar-refractivity contribution in [2.45, 2.75) is 6.61 Å². The SMILES string of the molecule is COc1cc(OC)c(OC)cc1C=C1Oc2cc(OCc3ccc(F)cc3)ccc2C1=O. The van der Waals surface area contributed by atoms with Crippen molar-refractivity contribution in [3.8, 4) is 28.7 Å². The molecule has 0 N–H and O–H groups in total. The van der Waals surface area contributed by atoms with Crippen molar-refractivity contribution < 1.29 is 32.9 Å². The molecule has 164 valence electrons. The summed E-state index contributed by atoms with van der Waals surface area (Å²) in [4.78, 5) is 12.8. The molecule has 0 saturated heterocycles. The van der Waals surface area contributed by atoms with Crippen LogP contribution in [0.25, 0.3) is 6.08 Å². The van der Waals surface area contributed by atoms with Gasteiger partial charge in [0, 0.05) is 17.7 Å². The second kappa shape index (κ2) is 9.01. The summed E-state index contributed by atoms with van der Waals surface area (Å²) in [7, 11) is 4.59. The Labute approximate surface area is 184 Å². The third kappa shape index (κ3) is 4.23. The number of hydrogen-bond acceptors (Lipinski definition) is 6. The average molecular weight is 436 g/mol. The fourth-order valence-corrected chi connectivity index (χ4v) is 3.31. The normalized spacial score (nSPS) is 13.5. The highest BCUT2D eigenvalue weighted by Crippen LogP contribution is 2.39. The van der Waals surface area contributed by atoms with Crippen molar-refractivity contribution in [3.05, 3.63) is 82.9 Å². The maximum absolute atomic E-state index is 13.0. The standard InChI is InChI=1S/C25H21FO6/c1-28-20-13-23(30-3)22(29-2)10-16(20)11-24-25(27)19-9-8-18(12-21(19)32-24)31-14-15-4-6-17(26)7-5-15/h4-13H,14H2,1-3H3. The number of carbonyl (C=O) groups is 1. The van der Waals surface area contributed by atoms with Crippen molar-refractivity contribution in [1.29, 1.82) is 0 Å². The number of carbonyl (C=O) groups excluding carboxylic acids is 1. The van der Waals surface area contributed by atoms with Crippen molar-refractivity contribution in [3.63, 3.8) is 0 Å². The van der Waals surface area contributed by atoms with E-state index in [0.717, 1.165) is 5.56 Å². The quantitative estimate of drug-likeness (QED) is 0.483. The van der Waals surface area contributed by atoms with Gasteiger partial charge in [-0.05, 0) is 42.0 Å². The van der Waals surface area contributed by atoms with Crippen LogP contribution in [0.15, 0.2) is 60.4 Å². The van der Waals surface area contributed by atoms with Gasteiger partial charge in [-0.1, -0.05) is 12.1 Å². The van der Waals surface area contributed by atoms with Crippen LogP contribution in [-0.4, -0.2) is 27.1 Å². The molecule has 0 unspecified atom stereocenters. The molecule has 4 rings (SSSR count). The van der Waals surface area contributed by atoms with E-state index in [-0.39, 0.29) is 24.0 Å². The number of ketones is 1. The molecule has 1 aliphatic heterocycles. The molecule has 3 aromatic carbocycles. The first-order chi connectivity index (χ1) is 15.5. The molecule has 0 amide bonds. The van der Waals surface area contributed by atoms with E-state index in [4.69, 9.17) is 23.7 Å². The van der Waals surface area contributed by atoms with E-state index in [0.29, 0.717) is 39.9 Å². The fourth-order valence-electron chi connectivity index (χ4n) is 3.31. The summed E-state index contributed by atoms with van der Waals surface area (Å²) in [6.45, 7) is 0.262. The number of benzene rings is 3. The Kier molecular flexibility index (Phi) is 5.98.